The first-order valence-corrected chi connectivity index (χ1v) is 12.7. The highest BCUT2D eigenvalue weighted by atomic mass is 16.5. The molecule has 6 nitrogen and oxygen atoms in total. The number of amides is 2. The minimum atomic E-state index is -1.10. The molecular formula is C30H29NO5. The minimum absolute atomic E-state index is 0.0752. The van der Waals surface area contributed by atoms with Crippen LogP contribution >= 0.6 is 0 Å². The fourth-order valence-electron chi connectivity index (χ4n) is 6.64. The van der Waals surface area contributed by atoms with Gasteiger partial charge in [0.1, 0.15) is 6.04 Å². The third kappa shape index (κ3) is 3.62. The molecule has 0 radical (unpaired) electrons. The lowest BCUT2D eigenvalue weighted by Crippen LogP contribution is -2.48. The van der Waals surface area contributed by atoms with E-state index in [0.717, 1.165) is 23.1 Å². The molecule has 2 saturated carbocycles. The molecule has 2 aromatic rings. The topological polar surface area (TPSA) is 80.8 Å². The highest BCUT2D eigenvalue weighted by molar-refractivity contribution is 6.09. The molecule has 36 heavy (non-hydrogen) atoms. The fraction of sp³-hybridized carbons (Fsp3) is 0.400. The minimum Gasteiger partial charge on any atom is -0.456 e. The predicted octanol–water partition coefficient (Wildman–Crippen LogP) is 3.69. The number of nitrogens with zero attached hydrogens (tertiary/aromatic N) is 1. The van der Waals surface area contributed by atoms with E-state index in [9.17, 15) is 19.2 Å². The van der Waals surface area contributed by atoms with Gasteiger partial charge in [-0.3, -0.25) is 19.3 Å². The van der Waals surface area contributed by atoms with Crippen molar-refractivity contribution >= 4 is 23.6 Å². The summed E-state index contributed by atoms with van der Waals surface area (Å²) in [5, 5.41) is 0. The van der Waals surface area contributed by atoms with Crippen LogP contribution in [0.1, 0.15) is 33.5 Å². The van der Waals surface area contributed by atoms with Crippen LogP contribution in [0.4, 0.5) is 0 Å². The van der Waals surface area contributed by atoms with Crippen molar-refractivity contribution < 1.29 is 23.9 Å². The van der Waals surface area contributed by atoms with Crippen molar-refractivity contribution in [2.75, 3.05) is 6.61 Å². The predicted molar refractivity (Wildman–Crippen MR) is 132 cm³/mol. The molecule has 2 bridgehead atoms. The average Bonchev–Trinajstić information content (AvgIpc) is 3.67. The third-order valence-electron chi connectivity index (χ3n) is 8.73. The highest BCUT2D eigenvalue weighted by Crippen LogP contribution is 2.65. The van der Waals surface area contributed by atoms with Crippen molar-refractivity contribution in [3.05, 3.63) is 82.9 Å². The van der Waals surface area contributed by atoms with Gasteiger partial charge >= 0.3 is 5.97 Å². The Morgan fingerprint density at radius 1 is 0.917 bits per heavy atom. The summed E-state index contributed by atoms with van der Waals surface area (Å²) in [7, 11) is 0. The van der Waals surface area contributed by atoms with Crippen molar-refractivity contribution in [2.24, 2.45) is 35.5 Å². The van der Waals surface area contributed by atoms with E-state index in [-0.39, 0.29) is 47.7 Å². The number of allylic oxidation sites excluding steroid dienone is 2. The molecule has 0 aromatic heterocycles. The van der Waals surface area contributed by atoms with E-state index in [4.69, 9.17) is 4.74 Å². The second kappa shape index (κ2) is 8.54. The number of Topliss-reactive ketones (excluding diaryl/α,β-unsaturated/α-hetero) is 1. The molecule has 5 aliphatic rings. The Labute approximate surface area is 210 Å². The second-order valence-corrected chi connectivity index (χ2v) is 10.7. The number of benzene rings is 2. The number of ketones is 1. The Hall–Kier alpha value is -3.54. The van der Waals surface area contributed by atoms with E-state index >= 15 is 0 Å². The quantitative estimate of drug-likeness (QED) is 0.260. The van der Waals surface area contributed by atoms with E-state index in [0.29, 0.717) is 17.4 Å². The van der Waals surface area contributed by atoms with Crippen LogP contribution in [0.15, 0.2) is 60.7 Å². The maximum absolute atomic E-state index is 13.7. The number of hydrogen-bond donors (Lipinski definition) is 0. The van der Waals surface area contributed by atoms with Gasteiger partial charge in [-0.15, -0.1) is 0 Å². The molecule has 4 aliphatic carbocycles. The lowest BCUT2D eigenvalue weighted by molar-refractivity contribution is -0.158. The molecule has 0 unspecified atom stereocenters. The summed E-state index contributed by atoms with van der Waals surface area (Å²) in [5.74, 6) is -1.25. The lowest BCUT2D eigenvalue weighted by atomic mass is 9.63. The van der Waals surface area contributed by atoms with Gasteiger partial charge < -0.3 is 4.74 Å². The van der Waals surface area contributed by atoms with Gasteiger partial charge in [0.05, 0.1) is 11.8 Å². The summed E-state index contributed by atoms with van der Waals surface area (Å²) >= 11 is 0. The number of imide groups is 1. The van der Waals surface area contributed by atoms with Gasteiger partial charge in [-0.1, -0.05) is 54.6 Å². The normalized spacial score (nSPS) is 30.1. The van der Waals surface area contributed by atoms with Crippen LogP contribution < -0.4 is 0 Å². The molecule has 6 heteroatoms. The molecule has 184 valence electrons. The zero-order chi connectivity index (χ0) is 25.1. The van der Waals surface area contributed by atoms with E-state index < -0.39 is 18.6 Å². The number of carbonyl (C=O) groups is 4. The van der Waals surface area contributed by atoms with Gasteiger partial charge in [0.15, 0.2) is 12.4 Å². The molecule has 7 rings (SSSR count). The molecule has 1 heterocycles. The van der Waals surface area contributed by atoms with Crippen LogP contribution in [-0.4, -0.2) is 41.1 Å². The van der Waals surface area contributed by atoms with E-state index in [1.165, 1.54) is 4.90 Å². The summed E-state index contributed by atoms with van der Waals surface area (Å²) < 4.78 is 5.47. The fourth-order valence-corrected chi connectivity index (χ4v) is 6.64. The van der Waals surface area contributed by atoms with Crippen LogP contribution in [0, 0.1) is 49.4 Å². The van der Waals surface area contributed by atoms with E-state index in [2.05, 4.69) is 12.2 Å². The van der Waals surface area contributed by atoms with E-state index in [1.807, 2.05) is 50.2 Å². The summed E-state index contributed by atoms with van der Waals surface area (Å²) in [6, 6.07) is 13.6. The second-order valence-electron chi connectivity index (χ2n) is 10.7. The first kappa shape index (κ1) is 22.9. The van der Waals surface area contributed by atoms with Crippen LogP contribution in [0.25, 0.3) is 0 Å². The highest BCUT2D eigenvalue weighted by Gasteiger charge is 2.68. The molecule has 1 aliphatic heterocycles. The van der Waals surface area contributed by atoms with Crippen LogP contribution in [0.3, 0.4) is 0 Å². The maximum Gasteiger partial charge on any atom is 0.330 e. The Morgan fingerprint density at radius 3 is 2.17 bits per heavy atom. The largest absolute Gasteiger partial charge is 0.456 e. The monoisotopic (exact) mass is 483 g/mol. The number of ether oxygens (including phenoxy) is 1. The lowest BCUT2D eigenvalue weighted by Gasteiger charge is -2.37. The third-order valence-corrected chi connectivity index (χ3v) is 8.73. The molecule has 0 spiro atoms. The number of carbonyl (C=O) groups excluding carboxylic acids is 4. The Bertz CT molecular complexity index is 1260. The van der Waals surface area contributed by atoms with Gasteiger partial charge in [0.2, 0.25) is 11.8 Å². The van der Waals surface area contributed by atoms with Crippen LogP contribution in [0.5, 0.6) is 0 Å². The van der Waals surface area contributed by atoms with E-state index in [1.54, 1.807) is 12.1 Å². The summed E-state index contributed by atoms with van der Waals surface area (Å²) in [6.45, 7) is 3.45. The van der Waals surface area contributed by atoms with Crippen molar-refractivity contribution in [3.63, 3.8) is 0 Å². The van der Waals surface area contributed by atoms with Gasteiger partial charge in [0.25, 0.3) is 0 Å². The smallest absolute Gasteiger partial charge is 0.330 e. The number of likely N-dealkylation sites (tertiary alicyclic amines) is 1. The molecule has 2 aromatic carbocycles. The molecule has 3 fully saturated rings. The first-order valence-electron chi connectivity index (χ1n) is 12.7. The molecule has 7 atom stereocenters. The van der Waals surface area contributed by atoms with Crippen molar-refractivity contribution in [1.82, 2.24) is 4.90 Å². The van der Waals surface area contributed by atoms with Gasteiger partial charge in [-0.05, 0) is 66.7 Å². The van der Waals surface area contributed by atoms with Crippen molar-refractivity contribution in [3.8, 4) is 0 Å². The standard InChI is InChI=1S/C30H29NO5/c1-16-8-9-19(12-17(16)2)25(32)15-36-30(35)24(13-18-6-4-3-5-7-18)31-28(33)26-20-10-11-21(23-14-22(20)23)27(26)29(31)34/h3-12,20-24,26-27H,13-15H2,1-2H3/t20-,21+,22+,23-,24-,26+,27-/m1/s1. The van der Waals surface area contributed by atoms with Crippen molar-refractivity contribution in [2.45, 2.75) is 32.7 Å². The molecule has 1 saturated heterocycles. The van der Waals surface area contributed by atoms with Crippen LogP contribution in [-0.2, 0) is 25.5 Å². The maximum atomic E-state index is 13.7. The zero-order valence-corrected chi connectivity index (χ0v) is 20.4. The summed E-state index contributed by atoms with van der Waals surface area (Å²) in [6.07, 6.45) is 5.46. The zero-order valence-electron chi connectivity index (χ0n) is 20.4. The average molecular weight is 484 g/mol. The molecular weight excluding hydrogens is 454 g/mol. The van der Waals surface area contributed by atoms with Crippen LogP contribution in [0.2, 0.25) is 0 Å². The Morgan fingerprint density at radius 2 is 1.56 bits per heavy atom. The summed E-state index contributed by atoms with van der Waals surface area (Å²) in [5.41, 5.74) is 3.33. The Balaban J connectivity index is 1.24. The molecule has 2 amide bonds. The molecule has 0 N–H and O–H groups in total. The number of esters is 1. The number of hydrogen-bond acceptors (Lipinski definition) is 5. The Kier molecular flexibility index (Phi) is 5.43. The summed E-state index contributed by atoms with van der Waals surface area (Å²) in [4.78, 5) is 54.7. The van der Waals surface area contributed by atoms with Gasteiger partial charge in [-0.2, -0.15) is 0 Å². The van der Waals surface area contributed by atoms with Gasteiger partial charge in [-0.25, -0.2) is 4.79 Å². The van der Waals surface area contributed by atoms with Gasteiger partial charge in [0, 0.05) is 12.0 Å². The number of rotatable bonds is 7. The SMILES string of the molecule is Cc1ccc(C(=O)COC(=O)[C@@H](Cc2ccccc2)N2C(=O)[C@@H]3[C@H]4C=C[C@H]([C@@H]5C[C@H]45)[C@@H]3C2=O)cc1C. The van der Waals surface area contributed by atoms with Crippen molar-refractivity contribution in [1.29, 1.82) is 0 Å². The first-order chi connectivity index (χ1) is 17.3. The number of aryl methyl sites for hydroxylation is 2.